The number of imidazole rings is 1. The number of thiazole rings is 1. The van der Waals surface area contributed by atoms with Crippen LogP contribution in [0.15, 0.2) is 54.7 Å². The molecule has 0 bridgehead atoms. The fourth-order valence-corrected chi connectivity index (χ4v) is 4.15. The van der Waals surface area contributed by atoms with Crippen molar-refractivity contribution in [1.82, 2.24) is 29.2 Å². The van der Waals surface area contributed by atoms with Crippen molar-refractivity contribution in [3.63, 3.8) is 0 Å². The van der Waals surface area contributed by atoms with Crippen LogP contribution < -0.4 is 4.90 Å². The fraction of sp³-hybridized carbons (Fsp3) is 0.304. The minimum Gasteiger partial charge on any atom is -0.475 e. The maximum absolute atomic E-state index is 10.6. The summed E-state index contributed by atoms with van der Waals surface area (Å²) in [5.74, 6) is -4.57. The first kappa shape index (κ1) is 31.2. The van der Waals surface area contributed by atoms with E-state index in [9.17, 15) is 26.3 Å². The lowest BCUT2D eigenvalue weighted by Crippen LogP contribution is -2.46. The van der Waals surface area contributed by atoms with Crippen LogP contribution in [0.4, 0.5) is 32.2 Å². The largest absolute Gasteiger partial charge is 0.490 e. The van der Waals surface area contributed by atoms with Gasteiger partial charge in [-0.15, -0.1) is 11.3 Å². The quantitative estimate of drug-likeness (QED) is 0.330. The molecule has 0 aliphatic carbocycles. The highest BCUT2D eigenvalue weighted by molar-refractivity contribution is 7.09. The van der Waals surface area contributed by atoms with E-state index in [1.165, 1.54) is 5.01 Å². The number of rotatable bonds is 4. The molecule has 0 amide bonds. The fourth-order valence-electron chi connectivity index (χ4n) is 3.50. The van der Waals surface area contributed by atoms with Crippen LogP contribution in [0.5, 0.6) is 0 Å². The van der Waals surface area contributed by atoms with Crippen molar-refractivity contribution in [3.8, 4) is 11.3 Å². The van der Waals surface area contributed by atoms with Gasteiger partial charge in [0.2, 0.25) is 0 Å². The molecule has 5 rings (SSSR count). The van der Waals surface area contributed by atoms with Gasteiger partial charge in [0, 0.05) is 68.1 Å². The van der Waals surface area contributed by atoms with Crippen molar-refractivity contribution < 1.29 is 46.1 Å². The Labute approximate surface area is 231 Å². The second-order valence-corrected chi connectivity index (χ2v) is 9.10. The Balaban J connectivity index is 0.000000276. The molecular formula is C23H21F6N7O4S. The monoisotopic (exact) mass is 605 g/mol. The number of nitrogens with zero attached hydrogens (tertiary/aromatic N) is 7. The molecule has 18 heteroatoms. The van der Waals surface area contributed by atoms with E-state index in [2.05, 4.69) is 34.1 Å². The molecule has 5 heterocycles. The van der Waals surface area contributed by atoms with Gasteiger partial charge in [-0.05, 0) is 12.1 Å². The smallest absolute Gasteiger partial charge is 0.475 e. The number of fused-ring (bicyclic) bond motifs is 1. The highest BCUT2D eigenvalue weighted by Gasteiger charge is 2.38. The lowest BCUT2D eigenvalue weighted by atomic mass is 10.2. The van der Waals surface area contributed by atoms with Gasteiger partial charge in [-0.1, -0.05) is 0 Å². The molecule has 1 saturated heterocycles. The molecule has 0 unspecified atom stereocenters. The van der Waals surface area contributed by atoms with Crippen molar-refractivity contribution in [3.05, 3.63) is 59.7 Å². The van der Waals surface area contributed by atoms with E-state index in [4.69, 9.17) is 19.8 Å². The van der Waals surface area contributed by atoms with Crippen LogP contribution in [0.25, 0.3) is 16.9 Å². The van der Waals surface area contributed by atoms with Crippen LogP contribution in [0, 0.1) is 0 Å². The van der Waals surface area contributed by atoms with E-state index in [1.54, 1.807) is 17.5 Å². The summed E-state index contributed by atoms with van der Waals surface area (Å²) in [4.78, 5) is 40.5. The molecule has 0 aromatic carbocycles. The third-order valence-electron chi connectivity index (χ3n) is 5.37. The summed E-state index contributed by atoms with van der Waals surface area (Å²) >= 11 is 1.72. The second kappa shape index (κ2) is 13.4. The summed E-state index contributed by atoms with van der Waals surface area (Å²) < 4.78 is 65.6. The van der Waals surface area contributed by atoms with Crippen LogP contribution in [0.2, 0.25) is 0 Å². The zero-order chi connectivity index (χ0) is 30.2. The lowest BCUT2D eigenvalue weighted by Gasteiger charge is -2.34. The number of hydrogen-bond acceptors (Lipinski definition) is 9. The first-order chi connectivity index (χ1) is 19.3. The average Bonchev–Trinajstić information content (AvgIpc) is 3.59. The summed E-state index contributed by atoms with van der Waals surface area (Å²) in [5.41, 5.74) is 2.98. The molecule has 0 spiro atoms. The van der Waals surface area contributed by atoms with Gasteiger partial charge >= 0.3 is 24.3 Å². The van der Waals surface area contributed by atoms with Crippen molar-refractivity contribution in [2.75, 3.05) is 31.1 Å². The van der Waals surface area contributed by atoms with Gasteiger partial charge in [0.25, 0.3) is 0 Å². The molecule has 1 aliphatic heterocycles. The van der Waals surface area contributed by atoms with E-state index in [0.717, 1.165) is 55.4 Å². The SMILES string of the molecule is O=C(O)C(F)(F)F.O=C(O)C(F)(F)F.c1cncc(-c2cnc3c(N4CCN(Cc5nccs5)CC4)nccn23)c1. The van der Waals surface area contributed by atoms with Crippen LogP contribution in [-0.2, 0) is 16.1 Å². The molecule has 4 aromatic heterocycles. The molecule has 41 heavy (non-hydrogen) atoms. The first-order valence-corrected chi connectivity index (χ1v) is 12.3. The zero-order valence-corrected chi connectivity index (χ0v) is 21.6. The Bertz CT molecular complexity index is 1400. The normalized spacial score (nSPS) is 14.0. The van der Waals surface area contributed by atoms with Crippen molar-refractivity contribution in [2.24, 2.45) is 0 Å². The summed E-state index contributed by atoms with van der Waals surface area (Å²) in [5, 5.41) is 17.5. The molecule has 1 aliphatic rings. The molecule has 0 saturated carbocycles. The van der Waals surface area contributed by atoms with Crippen LogP contribution >= 0.6 is 11.3 Å². The predicted molar refractivity (Wildman–Crippen MR) is 133 cm³/mol. The number of aliphatic carboxylic acids is 2. The Hall–Kier alpha value is -4.32. The molecule has 0 radical (unpaired) electrons. The van der Waals surface area contributed by atoms with Gasteiger partial charge in [-0.2, -0.15) is 26.3 Å². The van der Waals surface area contributed by atoms with E-state index >= 15 is 0 Å². The third kappa shape index (κ3) is 8.84. The van der Waals surface area contributed by atoms with E-state index < -0.39 is 24.3 Å². The molecule has 4 aromatic rings. The molecule has 1 fully saturated rings. The van der Waals surface area contributed by atoms with Crippen LogP contribution in [0.1, 0.15) is 5.01 Å². The van der Waals surface area contributed by atoms with Crippen LogP contribution in [-0.4, -0.2) is 89.9 Å². The minimum absolute atomic E-state index is 0.893. The maximum atomic E-state index is 10.6. The van der Waals surface area contributed by atoms with E-state index in [1.807, 2.05) is 48.5 Å². The third-order valence-corrected chi connectivity index (χ3v) is 6.13. The number of pyridine rings is 1. The van der Waals surface area contributed by atoms with Crippen molar-refractivity contribution in [2.45, 2.75) is 18.9 Å². The molecular weight excluding hydrogens is 584 g/mol. The predicted octanol–water partition coefficient (Wildman–Crippen LogP) is 3.84. The molecule has 2 N–H and O–H groups in total. The van der Waals surface area contributed by atoms with Crippen LogP contribution in [0.3, 0.4) is 0 Å². The van der Waals surface area contributed by atoms with Crippen molar-refractivity contribution >= 4 is 34.7 Å². The molecule has 220 valence electrons. The van der Waals surface area contributed by atoms with E-state index in [0.29, 0.717) is 0 Å². The first-order valence-electron chi connectivity index (χ1n) is 11.5. The van der Waals surface area contributed by atoms with Gasteiger partial charge in [0.05, 0.1) is 18.4 Å². The minimum atomic E-state index is -5.08. The summed E-state index contributed by atoms with van der Waals surface area (Å²) in [7, 11) is 0. The Morgan fingerprint density at radius 2 is 1.51 bits per heavy atom. The number of carboxylic acid groups (broad SMARTS) is 2. The van der Waals surface area contributed by atoms with Gasteiger partial charge in [-0.25, -0.2) is 24.5 Å². The summed E-state index contributed by atoms with van der Waals surface area (Å²) in [6, 6.07) is 3.99. The maximum Gasteiger partial charge on any atom is 0.490 e. The highest BCUT2D eigenvalue weighted by atomic mass is 32.1. The number of halogens is 6. The number of carbonyl (C=O) groups is 2. The Morgan fingerprint density at radius 3 is 2.02 bits per heavy atom. The standard InChI is InChI=1S/C19H19N7S.2C2HF3O2/c1-2-15(12-20-3-1)16-13-23-19-18(22-4-6-26(16)19)25-9-7-24(8-10-25)14-17-21-5-11-27-17;2*3-2(4,5)1(6)7/h1-6,11-13H,7-10,14H2;2*(H,6,7). The lowest BCUT2D eigenvalue weighted by molar-refractivity contribution is -0.193. The Kier molecular flexibility index (Phi) is 10.2. The zero-order valence-electron chi connectivity index (χ0n) is 20.7. The Morgan fingerprint density at radius 1 is 0.878 bits per heavy atom. The second-order valence-electron chi connectivity index (χ2n) is 8.12. The van der Waals surface area contributed by atoms with E-state index in [-0.39, 0.29) is 0 Å². The highest BCUT2D eigenvalue weighted by Crippen LogP contribution is 2.25. The average molecular weight is 606 g/mol. The number of carboxylic acids is 2. The van der Waals surface area contributed by atoms with Gasteiger partial charge in [0.15, 0.2) is 11.5 Å². The molecule has 0 atom stereocenters. The van der Waals surface area contributed by atoms with Gasteiger partial charge < -0.3 is 15.1 Å². The number of aromatic nitrogens is 5. The number of anilines is 1. The number of hydrogen-bond donors (Lipinski definition) is 2. The topological polar surface area (TPSA) is 137 Å². The number of alkyl halides is 6. The summed E-state index contributed by atoms with van der Waals surface area (Å²) in [6.07, 6.45) is 1.07. The number of piperazine rings is 1. The summed E-state index contributed by atoms with van der Waals surface area (Å²) in [6.45, 7) is 4.80. The van der Waals surface area contributed by atoms with Gasteiger partial charge in [-0.3, -0.25) is 14.3 Å². The van der Waals surface area contributed by atoms with Gasteiger partial charge in [0.1, 0.15) is 5.01 Å². The van der Waals surface area contributed by atoms with Crippen molar-refractivity contribution in [1.29, 1.82) is 0 Å². The molecule has 11 nitrogen and oxygen atoms in total.